The predicted octanol–water partition coefficient (Wildman–Crippen LogP) is 5.30. The highest BCUT2D eigenvalue weighted by Crippen LogP contribution is 2.34. The minimum atomic E-state index is -0.805. The maximum atomic E-state index is 12.7. The Hall–Kier alpha value is -2.04. The quantitative estimate of drug-likeness (QED) is 0.231. The molecule has 33 heavy (non-hydrogen) atoms. The van der Waals surface area contributed by atoms with Crippen LogP contribution in [0, 0.1) is 9.49 Å². The molecule has 0 bridgehead atoms. The Labute approximate surface area is 217 Å². The number of nitrogens with one attached hydrogen (secondary N) is 2. The molecule has 10 heteroatoms. The van der Waals surface area contributed by atoms with Crippen molar-refractivity contribution in [3.8, 4) is 11.5 Å². The summed E-state index contributed by atoms with van der Waals surface area (Å²) < 4.78 is 12.1. The first kappa shape index (κ1) is 27.2. The molecule has 178 valence electrons. The Morgan fingerprint density at radius 2 is 1.79 bits per heavy atom. The third-order valence-electron chi connectivity index (χ3n) is 4.41. The summed E-state index contributed by atoms with van der Waals surface area (Å²) in [5.41, 5.74) is 3.51. The fourth-order valence-electron chi connectivity index (χ4n) is 2.80. The van der Waals surface area contributed by atoms with E-state index in [2.05, 4.69) is 38.4 Å². The van der Waals surface area contributed by atoms with Gasteiger partial charge in [-0.3, -0.25) is 9.59 Å². The van der Waals surface area contributed by atoms with E-state index in [1.54, 1.807) is 19.2 Å². The van der Waals surface area contributed by atoms with Gasteiger partial charge in [0.15, 0.2) is 11.5 Å². The van der Waals surface area contributed by atoms with Crippen molar-refractivity contribution in [2.45, 2.75) is 39.8 Å². The third-order valence-corrected chi connectivity index (χ3v) is 5.95. The Kier molecular flexibility index (Phi) is 10.2. The SMILES string of the molecule is COc1cc(/C=N/NC(=O)C(NC(=O)c2ccc(Cl)c(Cl)c2)C(C)C)cc(I)c1OC(C)C. The summed E-state index contributed by atoms with van der Waals surface area (Å²) >= 11 is 14.0. The van der Waals surface area contributed by atoms with E-state index in [1.165, 1.54) is 18.3 Å². The molecule has 2 N–H and O–H groups in total. The van der Waals surface area contributed by atoms with E-state index < -0.39 is 17.9 Å². The summed E-state index contributed by atoms with van der Waals surface area (Å²) in [5.74, 6) is 0.152. The summed E-state index contributed by atoms with van der Waals surface area (Å²) in [7, 11) is 1.56. The number of hydrogen-bond donors (Lipinski definition) is 2. The van der Waals surface area contributed by atoms with Gasteiger partial charge >= 0.3 is 0 Å². The number of rotatable bonds is 9. The van der Waals surface area contributed by atoms with Crippen molar-refractivity contribution in [2.75, 3.05) is 7.11 Å². The van der Waals surface area contributed by atoms with E-state index in [0.29, 0.717) is 27.6 Å². The van der Waals surface area contributed by atoms with Crippen LogP contribution in [0.5, 0.6) is 11.5 Å². The van der Waals surface area contributed by atoms with Crippen molar-refractivity contribution in [1.29, 1.82) is 0 Å². The first-order chi connectivity index (χ1) is 15.5. The Morgan fingerprint density at radius 3 is 2.36 bits per heavy atom. The van der Waals surface area contributed by atoms with Gasteiger partial charge in [0.25, 0.3) is 11.8 Å². The van der Waals surface area contributed by atoms with Crippen LogP contribution in [0.3, 0.4) is 0 Å². The zero-order valence-electron chi connectivity index (χ0n) is 18.9. The molecule has 1 atom stereocenters. The van der Waals surface area contributed by atoms with E-state index >= 15 is 0 Å². The number of ether oxygens (including phenoxy) is 2. The first-order valence-corrected chi connectivity index (χ1v) is 12.0. The lowest BCUT2D eigenvalue weighted by molar-refractivity contribution is -0.123. The van der Waals surface area contributed by atoms with Crippen LogP contribution in [0.4, 0.5) is 0 Å². The van der Waals surface area contributed by atoms with Gasteiger partial charge in [-0.25, -0.2) is 5.43 Å². The standard InChI is InChI=1S/C23H26Cl2IN3O4/c1-12(2)20(28-22(30)15-6-7-16(24)17(25)10-15)23(31)29-27-11-14-8-18(26)21(33-13(3)4)19(9-14)32-5/h6-13,20H,1-5H3,(H,28,30)(H,29,31)/b27-11+. The fraction of sp³-hybridized carbons (Fsp3) is 0.348. The van der Waals surface area contributed by atoms with Crippen LogP contribution in [0.15, 0.2) is 35.4 Å². The van der Waals surface area contributed by atoms with Gasteiger partial charge < -0.3 is 14.8 Å². The molecule has 0 aliphatic heterocycles. The van der Waals surface area contributed by atoms with Crippen molar-refractivity contribution in [3.63, 3.8) is 0 Å². The molecule has 0 saturated heterocycles. The van der Waals surface area contributed by atoms with Gasteiger partial charge in [0, 0.05) is 5.56 Å². The molecular weight excluding hydrogens is 580 g/mol. The number of methoxy groups -OCH3 is 1. The largest absolute Gasteiger partial charge is 0.493 e. The van der Waals surface area contributed by atoms with E-state index in [-0.39, 0.29) is 17.0 Å². The van der Waals surface area contributed by atoms with Gasteiger partial charge in [0.05, 0.1) is 33.0 Å². The molecule has 0 aliphatic rings. The highest BCUT2D eigenvalue weighted by Gasteiger charge is 2.25. The van der Waals surface area contributed by atoms with E-state index in [4.69, 9.17) is 32.7 Å². The number of nitrogens with zero attached hydrogens (tertiary/aromatic N) is 1. The highest BCUT2D eigenvalue weighted by molar-refractivity contribution is 14.1. The normalized spacial score (nSPS) is 12.2. The Bertz CT molecular complexity index is 1040. The minimum absolute atomic E-state index is 0.00158. The van der Waals surface area contributed by atoms with Crippen LogP contribution in [0.25, 0.3) is 0 Å². The smallest absolute Gasteiger partial charge is 0.262 e. The van der Waals surface area contributed by atoms with Gasteiger partial charge in [0.1, 0.15) is 6.04 Å². The van der Waals surface area contributed by atoms with Gasteiger partial charge in [-0.05, 0) is 78.3 Å². The molecular formula is C23H26Cl2IN3O4. The summed E-state index contributed by atoms with van der Waals surface area (Å²) in [6, 6.07) is 7.35. The third kappa shape index (κ3) is 7.75. The number of hydrogen-bond acceptors (Lipinski definition) is 5. The van der Waals surface area contributed by atoms with Crippen LogP contribution in [0.1, 0.15) is 43.6 Å². The molecule has 2 rings (SSSR count). The van der Waals surface area contributed by atoms with Crippen molar-refractivity contribution in [1.82, 2.24) is 10.7 Å². The van der Waals surface area contributed by atoms with Gasteiger partial charge in [-0.15, -0.1) is 0 Å². The lowest BCUT2D eigenvalue weighted by Crippen LogP contribution is -2.48. The van der Waals surface area contributed by atoms with Crippen LogP contribution >= 0.6 is 45.8 Å². The van der Waals surface area contributed by atoms with Crippen LogP contribution in [0.2, 0.25) is 10.0 Å². The number of hydrazone groups is 1. The van der Waals surface area contributed by atoms with Crippen LogP contribution in [-0.2, 0) is 4.79 Å². The molecule has 2 aromatic carbocycles. The summed E-state index contributed by atoms with van der Waals surface area (Å²) in [5, 5.41) is 7.36. The molecule has 7 nitrogen and oxygen atoms in total. The maximum absolute atomic E-state index is 12.7. The molecule has 0 aliphatic carbocycles. The van der Waals surface area contributed by atoms with Gasteiger partial charge in [0.2, 0.25) is 0 Å². The second-order valence-corrected chi connectivity index (χ2v) is 9.74. The second kappa shape index (κ2) is 12.4. The molecule has 2 amide bonds. The van der Waals surface area contributed by atoms with E-state index in [1.807, 2.05) is 33.8 Å². The molecule has 0 fully saturated rings. The van der Waals surface area contributed by atoms with Crippen LogP contribution < -0.4 is 20.2 Å². The lowest BCUT2D eigenvalue weighted by Gasteiger charge is -2.20. The zero-order chi connectivity index (χ0) is 24.7. The monoisotopic (exact) mass is 605 g/mol. The molecule has 2 aromatic rings. The average Bonchev–Trinajstić information content (AvgIpc) is 2.74. The van der Waals surface area contributed by atoms with Crippen molar-refractivity contribution in [2.24, 2.45) is 11.0 Å². The summed E-state index contributed by atoms with van der Waals surface area (Å²) in [6.07, 6.45) is 1.50. The molecule has 0 saturated carbocycles. The number of halogens is 3. The molecule has 0 radical (unpaired) electrons. The van der Waals surface area contributed by atoms with E-state index in [0.717, 1.165) is 3.57 Å². The van der Waals surface area contributed by atoms with E-state index in [9.17, 15) is 9.59 Å². The van der Waals surface area contributed by atoms with Crippen molar-refractivity contribution < 1.29 is 19.1 Å². The highest BCUT2D eigenvalue weighted by atomic mass is 127. The zero-order valence-corrected chi connectivity index (χ0v) is 22.6. The molecule has 0 spiro atoms. The Morgan fingerprint density at radius 1 is 1.09 bits per heavy atom. The van der Waals surface area contributed by atoms with Crippen LogP contribution in [-0.4, -0.2) is 37.3 Å². The second-order valence-electron chi connectivity index (χ2n) is 7.76. The van der Waals surface area contributed by atoms with Crippen molar-refractivity contribution >= 4 is 63.8 Å². The summed E-state index contributed by atoms with van der Waals surface area (Å²) in [6.45, 7) is 7.52. The minimum Gasteiger partial charge on any atom is -0.493 e. The maximum Gasteiger partial charge on any atom is 0.262 e. The lowest BCUT2D eigenvalue weighted by atomic mass is 10.0. The number of amides is 2. The molecule has 0 heterocycles. The average molecular weight is 606 g/mol. The van der Waals surface area contributed by atoms with Gasteiger partial charge in [-0.2, -0.15) is 5.10 Å². The summed E-state index contributed by atoms with van der Waals surface area (Å²) in [4.78, 5) is 25.3. The number of carbonyl (C=O) groups excluding carboxylic acids is 2. The fourth-order valence-corrected chi connectivity index (χ4v) is 3.85. The molecule has 0 aromatic heterocycles. The number of carbonyl (C=O) groups is 2. The first-order valence-electron chi connectivity index (χ1n) is 10.2. The number of benzene rings is 2. The molecule has 1 unspecified atom stereocenters. The topological polar surface area (TPSA) is 89.0 Å². The Balaban J connectivity index is 2.10. The van der Waals surface area contributed by atoms with Gasteiger partial charge in [-0.1, -0.05) is 37.0 Å². The van der Waals surface area contributed by atoms with Crippen molar-refractivity contribution in [3.05, 3.63) is 55.1 Å². The predicted molar refractivity (Wildman–Crippen MR) is 140 cm³/mol.